The van der Waals surface area contributed by atoms with Gasteiger partial charge in [-0.1, -0.05) is 6.07 Å². The van der Waals surface area contributed by atoms with E-state index < -0.39 is 5.60 Å². The molecule has 1 saturated heterocycles. The van der Waals surface area contributed by atoms with E-state index >= 15 is 0 Å². The number of nitrogens with one attached hydrogen (secondary N) is 1. The Balaban J connectivity index is 2.04. The van der Waals surface area contributed by atoms with E-state index in [0.717, 1.165) is 36.0 Å². The number of benzene rings is 1. The Morgan fingerprint density at radius 3 is 3.12 bits per heavy atom. The first-order chi connectivity index (χ1) is 8.17. The topological polar surface area (TPSA) is 58.3 Å². The number of hydrogen-bond donors (Lipinski definition) is 2. The summed E-state index contributed by atoms with van der Waals surface area (Å²) in [6.45, 7) is 3.41. The van der Waals surface area contributed by atoms with Crippen molar-refractivity contribution in [1.29, 1.82) is 0 Å². The molecule has 1 atom stereocenters. The summed E-state index contributed by atoms with van der Waals surface area (Å²) in [4.78, 5) is 4.26. The normalized spacial score (nSPS) is 25.3. The second kappa shape index (κ2) is 3.82. The summed E-state index contributed by atoms with van der Waals surface area (Å²) in [5.74, 6) is 0.658. The molecule has 0 aliphatic carbocycles. The van der Waals surface area contributed by atoms with E-state index in [1.165, 1.54) is 0 Å². The highest BCUT2D eigenvalue weighted by Crippen LogP contribution is 2.30. The first kappa shape index (κ1) is 10.7. The van der Waals surface area contributed by atoms with Crippen LogP contribution in [0.25, 0.3) is 11.1 Å². The van der Waals surface area contributed by atoms with Crippen molar-refractivity contribution in [3.8, 4) is 0 Å². The smallest absolute Gasteiger partial charge is 0.192 e. The number of piperidine rings is 1. The van der Waals surface area contributed by atoms with Gasteiger partial charge in [-0.25, -0.2) is 4.98 Å². The predicted molar refractivity (Wildman–Crippen MR) is 64.7 cm³/mol. The van der Waals surface area contributed by atoms with Gasteiger partial charge in [-0.15, -0.1) is 0 Å². The summed E-state index contributed by atoms with van der Waals surface area (Å²) >= 11 is 0. The lowest BCUT2D eigenvalue weighted by atomic mass is 9.86. The zero-order valence-electron chi connectivity index (χ0n) is 9.86. The van der Waals surface area contributed by atoms with Crippen LogP contribution >= 0.6 is 0 Å². The van der Waals surface area contributed by atoms with E-state index in [9.17, 15) is 5.11 Å². The SMILES string of the molecule is Cc1nc2ccc(C3(O)CCCNC3)cc2o1. The van der Waals surface area contributed by atoms with Gasteiger partial charge >= 0.3 is 0 Å². The maximum absolute atomic E-state index is 10.6. The average molecular weight is 232 g/mol. The summed E-state index contributed by atoms with van der Waals surface area (Å²) in [6, 6.07) is 5.76. The van der Waals surface area contributed by atoms with Crippen LogP contribution in [-0.2, 0) is 5.60 Å². The molecule has 3 rings (SSSR count). The Kier molecular flexibility index (Phi) is 2.42. The molecule has 1 fully saturated rings. The first-order valence-corrected chi connectivity index (χ1v) is 5.98. The van der Waals surface area contributed by atoms with E-state index in [1.807, 2.05) is 25.1 Å². The molecule has 17 heavy (non-hydrogen) atoms. The number of aryl methyl sites for hydroxylation is 1. The predicted octanol–water partition coefficient (Wildman–Crippen LogP) is 1.71. The zero-order chi connectivity index (χ0) is 11.9. The monoisotopic (exact) mass is 232 g/mol. The van der Waals surface area contributed by atoms with Crippen molar-refractivity contribution >= 4 is 11.1 Å². The first-order valence-electron chi connectivity index (χ1n) is 5.98. The summed E-state index contributed by atoms with van der Waals surface area (Å²) < 4.78 is 5.50. The van der Waals surface area contributed by atoms with Gasteiger partial charge in [0.2, 0.25) is 0 Å². The van der Waals surface area contributed by atoms with Gasteiger partial charge in [0.1, 0.15) is 11.1 Å². The minimum absolute atomic E-state index is 0.603. The van der Waals surface area contributed by atoms with Gasteiger partial charge in [0.05, 0.1) is 0 Å². The van der Waals surface area contributed by atoms with E-state index in [0.29, 0.717) is 12.4 Å². The third-order valence-corrected chi connectivity index (χ3v) is 3.39. The fourth-order valence-electron chi connectivity index (χ4n) is 2.47. The van der Waals surface area contributed by atoms with Crippen LogP contribution in [0.5, 0.6) is 0 Å². The minimum Gasteiger partial charge on any atom is -0.441 e. The van der Waals surface area contributed by atoms with Crippen LogP contribution in [0.1, 0.15) is 24.3 Å². The number of nitrogens with zero attached hydrogens (tertiary/aromatic N) is 1. The second-order valence-electron chi connectivity index (χ2n) is 4.73. The molecule has 2 heterocycles. The van der Waals surface area contributed by atoms with Crippen LogP contribution in [0, 0.1) is 6.92 Å². The third-order valence-electron chi connectivity index (χ3n) is 3.39. The molecule has 1 aliphatic rings. The summed E-state index contributed by atoms with van der Waals surface area (Å²) in [7, 11) is 0. The Morgan fingerprint density at radius 2 is 2.35 bits per heavy atom. The van der Waals surface area contributed by atoms with Gasteiger partial charge in [0, 0.05) is 13.5 Å². The Hall–Kier alpha value is -1.39. The van der Waals surface area contributed by atoms with Gasteiger partial charge < -0.3 is 14.8 Å². The maximum atomic E-state index is 10.6. The number of fused-ring (bicyclic) bond motifs is 1. The average Bonchev–Trinajstić information content (AvgIpc) is 2.69. The van der Waals surface area contributed by atoms with Crippen molar-refractivity contribution in [2.45, 2.75) is 25.4 Å². The van der Waals surface area contributed by atoms with Gasteiger partial charge in [-0.2, -0.15) is 0 Å². The molecule has 0 spiro atoms. The lowest BCUT2D eigenvalue weighted by molar-refractivity contribution is 0.0123. The number of aliphatic hydroxyl groups is 1. The summed E-state index contributed by atoms with van der Waals surface area (Å²) in [6.07, 6.45) is 1.78. The zero-order valence-corrected chi connectivity index (χ0v) is 9.86. The van der Waals surface area contributed by atoms with Crippen molar-refractivity contribution in [1.82, 2.24) is 10.3 Å². The lowest BCUT2D eigenvalue weighted by Crippen LogP contribution is -2.43. The molecule has 2 N–H and O–H groups in total. The quantitative estimate of drug-likeness (QED) is 0.785. The molecular formula is C13H16N2O2. The molecule has 1 aromatic carbocycles. The Bertz CT molecular complexity index is 541. The van der Waals surface area contributed by atoms with Crippen molar-refractivity contribution in [2.75, 3.05) is 13.1 Å². The van der Waals surface area contributed by atoms with Crippen LogP contribution in [-0.4, -0.2) is 23.2 Å². The fraction of sp³-hybridized carbons (Fsp3) is 0.462. The molecule has 1 aliphatic heterocycles. The van der Waals surface area contributed by atoms with Crippen LogP contribution in [0.3, 0.4) is 0 Å². The largest absolute Gasteiger partial charge is 0.441 e. The molecule has 2 aromatic rings. The van der Waals surface area contributed by atoms with E-state index in [2.05, 4.69) is 10.3 Å². The molecule has 0 amide bonds. The van der Waals surface area contributed by atoms with Crippen LogP contribution < -0.4 is 5.32 Å². The number of oxazole rings is 1. The van der Waals surface area contributed by atoms with Gasteiger partial charge in [-0.05, 0) is 37.1 Å². The number of aromatic nitrogens is 1. The molecule has 0 radical (unpaired) electrons. The van der Waals surface area contributed by atoms with Gasteiger partial charge in [-0.3, -0.25) is 0 Å². The van der Waals surface area contributed by atoms with E-state index in [-0.39, 0.29) is 0 Å². The molecule has 0 saturated carbocycles. The highest BCUT2D eigenvalue weighted by molar-refractivity contribution is 5.73. The van der Waals surface area contributed by atoms with E-state index in [1.54, 1.807) is 0 Å². The maximum Gasteiger partial charge on any atom is 0.192 e. The van der Waals surface area contributed by atoms with Gasteiger partial charge in [0.25, 0.3) is 0 Å². The summed E-state index contributed by atoms with van der Waals surface area (Å²) in [5, 5.41) is 13.8. The van der Waals surface area contributed by atoms with Crippen LogP contribution in [0.15, 0.2) is 22.6 Å². The molecule has 90 valence electrons. The van der Waals surface area contributed by atoms with Crippen molar-refractivity contribution < 1.29 is 9.52 Å². The minimum atomic E-state index is -0.771. The standard InChI is InChI=1S/C13H16N2O2/c1-9-15-11-4-3-10(7-12(11)17-9)13(16)5-2-6-14-8-13/h3-4,7,14,16H,2,5-6,8H2,1H3. The van der Waals surface area contributed by atoms with Crippen LogP contribution in [0.4, 0.5) is 0 Å². The van der Waals surface area contributed by atoms with Crippen molar-refractivity contribution in [3.63, 3.8) is 0 Å². The number of rotatable bonds is 1. The molecule has 1 aromatic heterocycles. The Labute approximate surface area is 99.7 Å². The second-order valence-corrected chi connectivity index (χ2v) is 4.73. The lowest BCUT2D eigenvalue weighted by Gasteiger charge is -2.33. The fourth-order valence-corrected chi connectivity index (χ4v) is 2.47. The van der Waals surface area contributed by atoms with Crippen molar-refractivity contribution in [2.24, 2.45) is 0 Å². The molecule has 4 nitrogen and oxygen atoms in total. The molecule has 1 unspecified atom stereocenters. The highest BCUT2D eigenvalue weighted by atomic mass is 16.3. The molecule has 4 heteroatoms. The van der Waals surface area contributed by atoms with Gasteiger partial charge in [0.15, 0.2) is 11.5 Å². The summed E-state index contributed by atoms with van der Waals surface area (Å²) in [5.41, 5.74) is 1.73. The van der Waals surface area contributed by atoms with E-state index in [4.69, 9.17) is 4.42 Å². The van der Waals surface area contributed by atoms with Crippen LogP contribution in [0.2, 0.25) is 0 Å². The number of hydrogen-bond acceptors (Lipinski definition) is 4. The van der Waals surface area contributed by atoms with Crippen molar-refractivity contribution in [3.05, 3.63) is 29.7 Å². The Morgan fingerprint density at radius 1 is 1.47 bits per heavy atom. The third kappa shape index (κ3) is 1.83. The highest BCUT2D eigenvalue weighted by Gasteiger charge is 2.31. The molecule has 0 bridgehead atoms. The molecular weight excluding hydrogens is 216 g/mol. The number of β-amino-alcohol motifs (C(OH)–C–C–N with tert-alkyl or cyclic N) is 1.